The van der Waals surface area contributed by atoms with Gasteiger partial charge in [0.25, 0.3) is 5.69 Å². The predicted molar refractivity (Wildman–Crippen MR) is 110 cm³/mol. The molecule has 4 rings (SSSR count). The second-order valence-electron chi connectivity index (χ2n) is 6.35. The summed E-state index contributed by atoms with van der Waals surface area (Å²) in [6.45, 7) is 1.80. The third kappa shape index (κ3) is 3.80. The lowest BCUT2D eigenvalue weighted by molar-refractivity contribution is -0.385. The number of rotatable bonds is 6. The second-order valence-corrected chi connectivity index (χ2v) is 7.36. The van der Waals surface area contributed by atoms with Crippen LogP contribution in [0, 0.1) is 10.1 Å². The van der Waals surface area contributed by atoms with Gasteiger partial charge in [0.15, 0.2) is 0 Å². The number of aromatic nitrogens is 1. The van der Waals surface area contributed by atoms with E-state index in [9.17, 15) is 20.0 Å². The summed E-state index contributed by atoms with van der Waals surface area (Å²) in [6, 6.07) is 14.5. The van der Waals surface area contributed by atoms with Gasteiger partial charge in [-0.25, -0.2) is 9.78 Å². The summed E-state index contributed by atoms with van der Waals surface area (Å²) in [5.41, 5.74) is 0.395. The number of nitrogens with zero attached hydrogens (tertiary/aromatic N) is 4. The van der Waals surface area contributed by atoms with Crippen molar-refractivity contribution in [1.82, 2.24) is 4.98 Å². The molecule has 0 saturated carbocycles. The van der Waals surface area contributed by atoms with Crippen molar-refractivity contribution in [2.24, 2.45) is 10.2 Å². The number of thiazole rings is 1. The van der Waals surface area contributed by atoms with Crippen LogP contribution in [-0.4, -0.2) is 21.0 Å². The monoisotopic (exact) mass is 422 g/mol. The van der Waals surface area contributed by atoms with Crippen molar-refractivity contribution in [2.45, 2.75) is 13.0 Å². The second kappa shape index (κ2) is 7.84. The summed E-state index contributed by atoms with van der Waals surface area (Å²) < 4.78 is 6.80. The predicted octanol–water partition coefficient (Wildman–Crippen LogP) is 6.01. The van der Waals surface area contributed by atoms with E-state index in [1.165, 1.54) is 23.5 Å². The third-order valence-corrected chi connectivity index (χ3v) is 5.27. The van der Waals surface area contributed by atoms with Gasteiger partial charge in [0.05, 0.1) is 15.1 Å². The summed E-state index contributed by atoms with van der Waals surface area (Å²) in [5, 5.41) is 29.2. The summed E-state index contributed by atoms with van der Waals surface area (Å²) in [4.78, 5) is 26.0. The Morgan fingerprint density at radius 3 is 2.77 bits per heavy atom. The van der Waals surface area contributed by atoms with E-state index in [1.807, 2.05) is 24.3 Å². The van der Waals surface area contributed by atoms with Gasteiger partial charge < -0.3 is 9.52 Å². The van der Waals surface area contributed by atoms with E-state index in [-0.39, 0.29) is 0 Å². The zero-order valence-corrected chi connectivity index (χ0v) is 16.4. The maximum Gasteiger partial charge on any atom is 0.342 e. The van der Waals surface area contributed by atoms with E-state index in [0.717, 1.165) is 16.3 Å². The number of nitro groups is 1. The van der Waals surface area contributed by atoms with Gasteiger partial charge in [0, 0.05) is 11.6 Å². The number of benzene rings is 2. The van der Waals surface area contributed by atoms with Crippen LogP contribution in [0.15, 0.2) is 69.2 Å². The van der Waals surface area contributed by atoms with Crippen LogP contribution < -0.4 is 0 Å². The first-order chi connectivity index (χ1) is 14.4. The van der Waals surface area contributed by atoms with Gasteiger partial charge in [0.1, 0.15) is 23.1 Å². The SMILES string of the molecule is CC(N=Nc1nc2ccccc2s1)c1ccc(-c2ccc([N+](=O)[O-])c(C(=O)O)c2)o1. The first kappa shape index (κ1) is 19.4. The smallest absolute Gasteiger partial charge is 0.342 e. The van der Waals surface area contributed by atoms with Crippen molar-refractivity contribution in [1.29, 1.82) is 0 Å². The molecule has 30 heavy (non-hydrogen) atoms. The Morgan fingerprint density at radius 2 is 2.03 bits per heavy atom. The molecule has 0 bridgehead atoms. The van der Waals surface area contributed by atoms with Crippen molar-refractivity contribution in [3.8, 4) is 11.3 Å². The van der Waals surface area contributed by atoms with Crippen LogP contribution in [0.4, 0.5) is 10.8 Å². The van der Waals surface area contributed by atoms with Crippen LogP contribution in [0.5, 0.6) is 0 Å². The number of azo groups is 1. The maximum absolute atomic E-state index is 11.3. The van der Waals surface area contributed by atoms with Gasteiger partial charge in [-0.3, -0.25) is 10.1 Å². The number of carboxylic acids is 1. The topological polar surface area (TPSA) is 131 Å². The van der Waals surface area contributed by atoms with E-state index in [1.54, 1.807) is 19.1 Å². The lowest BCUT2D eigenvalue weighted by atomic mass is 10.1. The molecule has 0 fully saturated rings. The summed E-state index contributed by atoms with van der Waals surface area (Å²) >= 11 is 1.43. The minimum atomic E-state index is -1.38. The van der Waals surface area contributed by atoms with Crippen LogP contribution in [0.3, 0.4) is 0 Å². The number of hydrogen-bond acceptors (Lipinski definition) is 8. The highest BCUT2D eigenvalue weighted by molar-refractivity contribution is 7.21. The molecule has 0 radical (unpaired) electrons. The summed E-state index contributed by atoms with van der Waals surface area (Å²) in [5.74, 6) is -0.483. The number of carbonyl (C=O) groups is 1. The van der Waals surface area contributed by atoms with Crippen LogP contribution in [0.2, 0.25) is 0 Å². The first-order valence-corrected chi connectivity index (χ1v) is 9.62. The lowest BCUT2D eigenvalue weighted by Crippen LogP contribution is -2.02. The minimum absolute atomic E-state index is 0.379. The summed E-state index contributed by atoms with van der Waals surface area (Å²) in [6.07, 6.45) is 0. The Labute approximate surface area is 173 Å². The average molecular weight is 422 g/mol. The molecule has 0 aliphatic heterocycles. The van der Waals surface area contributed by atoms with Gasteiger partial charge >= 0.3 is 5.97 Å². The molecule has 0 spiro atoms. The molecule has 10 heteroatoms. The Morgan fingerprint density at radius 1 is 1.23 bits per heavy atom. The molecule has 2 aromatic heterocycles. The van der Waals surface area contributed by atoms with Crippen molar-refractivity contribution in [3.63, 3.8) is 0 Å². The number of para-hydroxylation sites is 1. The number of furan rings is 1. The minimum Gasteiger partial charge on any atom is -0.477 e. The molecule has 0 saturated heterocycles. The van der Waals surface area contributed by atoms with Gasteiger partial charge in [0.2, 0.25) is 5.13 Å². The molecule has 1 unspecified atom stereocenters. The van der Waals surface area contributed by atoms with E-state index in [2.05, 4.69) is 15.2 Å². The van der Waals surface area contributed by atoms with Crippen LogP contribution in [0.25, 0.3) is 21.5 Å². The van der Waals surface area contributed by atoms with Crippen molar-refractivity contribution in [3.05, 3.63) is 76.0 Å². The molecular formula is C20H14N4O5S. The molecular weight excluding hydrogens is 408 g/mol. The molecule has 9 nitrogen and oxygen atoms in total. The van der Waals surface area contributed by atoms with Crippen molar-refractivity contribution >= 4 is 38.3 Å². The number of aromatic carboxylic acids is 1. The van der Waals surface area contributed by atoms with E-state index < -0.39 is 28.2 Å². The highest BCUT2D eigenvalue weighted by atomic mass is 32.1. The molecule has 1 atom stereocenters. The Kier molecular flexibility index (Phi) is 5.07. The van der Waals surface area contributed by atoms with Crippen LogP contribution in [-0.2, 0) is 0 Å². The van der Waals surface area contributed by atoms with E-state index >= 15 is 0 Å². The largest absolute Gasteiger partial charge is 0.477 e. The van der Waals surface area contributed by atoms with Gasteiger partial charge in [-0.05, 0) is 43.3 Å². The quantitative estimate of drug-likeness (QED) is 0.230. The highest BCUT2D eigenvalue weighted by Gasteiger charge is 2.21. The van der Waals surface area contributed by atoms with E-state index in [4.69, 9.17) is 4.42 Å². The average Bonchev–Trinajstić information content (AvgIpc) is 3.38. The Balaban J connectivity index is 1.56. The fourth-order valence-electron chi connectivity index (χ4n) is 2.85. The number of hydrogen-bond donors (Lipinski definition) is 1. The zero-order chi connectivity index (χ0) is 21.3. The maximum atomic E-state index is 11.3. The fourth-order valence-corrected chi connectivity index (χ4v) is 3.64. The molecule has 0 aliphatic rings. The molecule has 0 amide bonds. The fraction of sp³-hybridized carbons (Fsp3) is 0.100. The Bertz CT molecular complexity index is 1260. The summed E-state index contributed by atoms with van der Waals surface area (Å²) in [7, 11) is 0. The zero-order valence-electron chi connectivity index (χ0n) is 15.6. The molecule has 150 valence electrons. The molecule has 1 N–H and O–H groups in total. The van der Waals surface area contributed by atoms with Gasteiger partial charge in [-0.1, -0.05) is 23.5 Å². The first-order valence-electron chi connectivity index (χ1n) is 8.80. The van der Waals surface area contributed by atoms with Crippen LogP contribution in [0.1, 0.15) is 29.1 Å². The van der Waals surface area contributed by atoms with E-state index in [0.29, 0.717) is 22.2 Å². The molecule has 4 aromatic rings. The third-order valence-electron chi connectivity index (χ3n) is 4.35. The van der Waals surface area contributed by atoms with Crippen molar-refractivity contribution in [2.75, 3.05) is 0 Å². The Hall–Kier alpha value is -3.92. The van der Waals surface area contributed by atoms with Crippen molar-refractivity contribution < 1.29 is 19.2 Å². The number of nitro benzene ring substituents is 1. The molecule has 2 aromatic carbocycles. The van der Waals surface area contributed by atoms with Crippen LogP contribution >= 0.6 is 11.3 Å². The normalized spacial score (nSPS) is 12.4. The number of carboxylic acid groups (broad SMARTS) is 1. The molecule has 2 heterocycles. The standard InChI is InChI=1S/C20H14N4O5S/c1-11(22-23-20-21-14-4-2-3-5-18(14)30-20)16-8-9-17(29-16)12-6-7-15(24(27)28)13(10-12)19(25)26/h2-11H,1H3,(H,25,26). The lowest BCUT2D eigenvalue weighted by Gasteiger charge is -2.03. The van der Waals surface area contributed by atoms with Gasteiger partial charge in [-0.2, -0.15) is 5.11 Å². The highest BCUT2D eigenvalue weighted by Crippen LogP contribution is 2.32. The van der Waals surface area contributed by atoms with Gasteiger partial charge in [-0.15, -0.1) is 5.11 Å². The molecule has 0 aliphatic carbocycles. The number of fused-ring (bicyclic) bond motifs is 1.